The summed E-state index contributed by atoms with van der Waals surface area (Å²) in [5.41, 5.74) is 2.73. The first-order valence-electron chi connectivity index (χ1n) is 6.87. The van der Waals surface area contributed by atoms with Gasteiger partial charge in [0.1, 0.15) is 11.6 Å². The summed E-state index contributed by atoms with van der Waals surface area (Å²) in [4.78, 5) is 4.23. The molecule has 0 aliphatic rings. The predicted molar refractivity (Wildman–Crippen MR) is 96.4 cm³/mol. The largest absolute Gasteiger partial charge is 0.495 e. The molecule has 0 radical (unpaired) electrons. The Balaban J connectivity index is 1.74. The number of anilines is 1. The average Bonchev–Trinajstić information content (AvgIpc) is 3.05. The molecule has 0 saturated heterocycles. The summed E-state index contributed by atoms with van der Waals surface area (Å²) >= 11 is 4.54. The van der Waals surface area contributed by atoms with Crippen LogP contribution in [-0.4, -0.2) is 12.1 Å². The number of rotatable bonds is 5. The van der Waals surface area contributed by atoms with Crippen LogP contribution in [0.15, 0.2) is 64.1 Å². The van der Waals surface area contributed by atoms with E-state index in [2.05, 4.69) is 25.6 Å². The Labute approximate surface area is 146 Å². The maximum atomic E-state index is 13.7. The van der Waals surface area contributed by atoms with Gasteiger partial charge in [0.05, 0.1) is 17.3 Å². The second-order valence-electron chi connectivity index (χ2n) is 4.79. The highest BCUT2D eigenvalue weighted by Gasteiger charge is 2.10. The minimum atomic E-state index is -0.340. The van der Waals surface area contributed by atoms with Crippen LogP contribution in [0.4, 0.5) is 10.1 Å². The van der Waals surface area contributed by atoms with Crippen LogP contribution in [0, 0.1) is 5.82 Å². The zero-order valence-electron chi connectivity index (χ0n) is 12.3. The summed E-state index contributed by atoms with van der Waals surface area (Å²) < 4.78 is 22.4. The lowest BCUT2D eigenvalue weighted by molar-refractivity contribution is 0.415. The van der Waals surface area contributed by atoms with Gasteiger partial charge in [0, 0.05) is 22.9 Å². The predicted octanol–water partition coefficient (Wildman–Crippen LogP) is 5.71. The minimum absolute atomic E-state index is 0.340. The van der Waals surface area contributed by atoms with Crippen LogP contribution in [-0.2, 0) is 0 Å². The average molecular weight is 393 g/mol. The molecule has 2 N–H and O–H groups in total. The first-order valence-corrected chi connectivity index (χ1v) is 8.48. The lowest BCUT2D eigenvalue weighted by Crippen LogP contribution is -1.94. The second-order valence-corrected chi connectivity index (χ2v) is 6.52. The molecule has 0 fully saturated rings. The van der Waals surface area contributed by atoms with Gasteiger partial charge in [-0.15, -0.1) is 0 Å². The molecule has 1 aromatic heterocycles. The molecule has 0 saturated carbocycles. The molecule has 3 nitrogen and oxygen atoms in total. The van der Waals surface area contributed by atoms with Crippen molar-refractivity contribution < 1.29 is 9.13 Å². The van der Waals surface area contributed by atoms with Crippen molar-refractivity contribution in [3.63, 3.8) is 0 Å². The van der Waals surface area contributed by atoms with Crippen molar-refractivity contribution in [3.8, 4) is 17.0 Å². The number of aromatic amines is 1. The van der Waals surface area contributed by atoms with E-state index in [4.69, 9.17) is 4.74 Å². The highest BCUT2D eigenvalue weighted by atomic mass is 79.9. The van der Waals surface area contributed by atoms with Gasteiger partial charge < -0.3 is 14.4 Å². The molecule has 0 atom stereocenters. The highest BCUT2D eigenvalue weighted by Crippen LogP contribution is 2.34. The third-order valence-electron chi connectivity index (χ3n) is 3.26. The van der Waals surface area contributed by atoms with E-state index in [9.17, 15) is 4.39 Å². The normalized spacial score (nSPS) is 10.6. The Morgan fingerprint density at radius 3 is 2.70 bits per heavy atom. The van der Waals surface area contributed by atoms with E-state index in [1.54, 1.807) is 13.2 Å². The van der Waals surface area contributed by atoms with Crippen LogP contribution in [0.1, 0.15) is 0 Å². The Morgan fingerprint density at radius 1 is 1.17 bits per heavy atom. The Bertz CT molecular complexity index is 808. The molecule has 0 bridgehead atoms. The van der Waals surface area contributed by atoms with E-state index in [1.165, 1.54) is 18.0 Å². The lowest BCUT2D eigenvalue weighted by Gasteiger charge is -2.10. The number of benzene rings is 2. The number of nitrogens with one attached hydrogen (secondary N) is 2. The molecule has 0 amide bonds. The fourth-order valence-corrected chi connectivity index (χ4v) is 3.11. The van der Waals surface area contributed by atoms with E-state index in [-0.39, 0.29) is 5.82 Å². The monoisotopic (exact) mass is 392 g/mol. The van der Waals surface area contributed by atoms with Gasteiger partial charge in [-0.05, 0) is 45.6 Å². The zero-order chi connectivity index (χ0) is 16.2. The molecule has 6 heteroatoms. The number of halogens is 2. The Morgan fingerprint density at radius 2 is 1.96 bits per heavy atom. The minimum Gasteiger partial charge on any atom is -0.495 e. The molecule has 23 heavy (non-hydrogen) atoms. The summed E-state index contributed by atoms with van der Waals surface area (Å²) in [7, 11) is 1.55. The molecule has 3 aromatic rings. The second kappa shape index (κ2) is 7.10. The van der Waals surface area contributed by atoms with Crippen molar-refractivity contribution in [3.05, 3.63) is 65.0 Å². The molecular weight excluding hydrogens is 379 g/mol. The van der Waals surface area contributed by atoms with Crippen LogP contribution in [0.25, 0.3) is 11.3 Å². The molecular formula is C17H14BrFN2OS. The molecule has 0 unspecified atom stereocenters. The molecule has 3 rings (SSSR count). The van der Waals surface area contributed by atoms with Crippen molar-refractivity contribution in [1.82, 2.24) is 4.98 Å². The van der Waals surface area contributed by atoms with Crippen LogP contribution in [0.5, 0.6) is 5.75 Å². The van der Waals surface area contributed by atoms with Gasteiger partial charge in [0.25, 0.3) is 0 Å². The maximum Gasteiger partial charge on any atom is 0.144 e. The smallest absolute Gasteiger partial charge is 0.144 e. The van der Waals surface area contributed by atoms with Crippen LogP contribution >= 0.6 is 27.9 Å². The first-order chi connectivity index (χ1) is 11.2. The topological polar surface area (TPSA) is 37.0 Å². The number of aromatic nitrogens is 1. The van der Waals surface area contributed by atoms with E-state index in [0.717, 1.165) is 16.2 Å². The zero-order valence-corrected chi connectivity index (χ0v) is 14.7. The van der Waals surface area contributed by atoms with Gasteiger partial charge >= 0.3 is 0 Å². The molecule has 118 valence electrons. The SMILES string of the molecule is COc1cc(Br)c(F)cc1NSc1c[nH]c(-c2ccccc2)c1. The number of hydrogen-bond donors (Lipinski definition) is 2. The first kappa shape index (κ1) is 16.0. The lowest BCUT2D eigenvalue weighted by atomic mass is 10.2. The van der Waals surface area contributed by atoms with E-state index in [0.29, 0.717) is 15.9 Å². The summed E-state index contributed by atoms with van der Waals surface area (Å²) in [5, 5.41) is 0. The third kappa shape index (κ3) is 3.71. The van der Waals surface area contributed by atoms with Gasteiger partial charge in [-0.2, -0.15) is 0 Å². The number of H-pyrrole nitrogens is 1. The fraction of sp³-hybridized carbons (Fsp3) is 0.0588. The van der Waals surface area contributed by atoms with Crippen molar-refractivity contribution >= 4 is 33.6 Å². The standard InChI is InChI=1S/C17H14BrFN2OS/c1-22-17-8-13(18)14(19)9-16(17)21-23-12-7-15(20-10-12)11-5-3-2-4-6-11/h2-10,20-21H,1H3. The number of hydrogen-bond acceptors (Lipinski definition) is 3. The quantitative estimate of drug-likeness (QED) is 0.545. The molecule has 2 aromatic carbocycles. The van der Waals surface area contributed by atoms with Crippen LogP contribution < -0.4 is 9.46 Å². The van der Waals surface area contributed by atoms with Gasteiger partial charge in [-0.1, -0.05) is 30.3 Å². The third-order valence-corrected chi connectivity index (χ3v) is 4.66. The van der Waals surface area contributed by atoms with Gasteiger partial charge in [0.2, 0.25) is 0 Å². The molecule has 0 spiro atoms. The van der Waals surface area contributed by atoms with E-state index < -0.39 is 0 Å². The highest BCUT2D eigenvalue weighted by molar-refractivity contribution is 9.10. The number of methoxy groups -OCH3 is 1. The van der Waals surface area contributed by atoms with Crippen molar-refractivity contribution in [2.24, 2.45) is 0 Å². The van der Waals surface area contributed by atoms with Gasteiger partial charge in [-0.25, -0.2) is 4.39 Å². The summed E-state index contributed by atoms with van der Waals surface area (Å²) in [5.74, 6) is 0.234. The fourth-order valence-electron chi connectivity index (χ4n) is 2.11. The summed E-state index contributed by atoms with van der Waals surface area (Å²) in [6, 6.07) is 15.1. The van der Waals surface area contributed by atoms with Crippen molar-refractivity contribution in [2.45, 2.75) is 4.90 Å². The van der Waals surface area contributed by atoms with Gasteiger partial charge in [-0.3, -0.25) is 0 Å². The van der Waals surface area contributed by atoms with Crippen molar-refractivity contribution in [1.29, 1.82) is 0 Å². The van der Waals surface area contributed by atoms with Crippen LogP contribution in [0.3, 0.4) is 0 Å². The van der Waals surface area contributed by atoms with E-state index in [1.807, 2.05) is 42.6 Å². The van der Waals surface area contributed by atoms with Crippen LogP contribution in [0.2, 0.25) is 0 Å². The Hall–Kier alpha value is -1.92. The maximum absolute atomic E-state index is 13.7. The summed E-state index contributed by atoms with van der Waals surface area (Å²) in [6.45, 7) is 0. The van der Waals surface area contributed by atoms with Crippen molar-refractivity contribution in [2.75, 3.05) is 11.8 Å². The molecule has 0 aliphatic heterocycles. The number of ether oxygens (including phenoxy) is 1. The summed E-state index contributed by atoms with van der Waals surface area (Å²) in [6.07, 6.45) is 1.90. The molecule has 0 aliphatic carbocycles. The molecule has 1 heterocycles. The van der Waals surface area contributed by atoms with E-state index >= 15 is 0 Å². The van der Waals surface area contributed by atoms with Gasteiger partial charge in [0.15, 0.2) is 0 Å². The Kier molecular flexibility index (Phi) is 4.93.